The number of aromatic nitrogens is 2. The minimum atomic E-state index is -0.620. The molecule has 1 aromatic heterocycles. The van der Waals surface area contributed by atoms with Gasteiger partial charge in [-0.3, -0.25) is 14.6 Å². The number of carbonyl (C=O) groups excluding carboxylic acids is 2. The summed E-state index contributed by atoms with van der Waals surface area (Å²) in [6, 6.07) is 4.04. The van der Waals surface area contributed by atoms with E-state index in [0.717, 1.165) is 0 Å². The predicted molar refractivity (Wildman–Crippen MR) is 85.9 cm³/mol. The molecule has 1 atom stereocenters. The molecule has 0 saturated carbocycles. The van der Waals surface area contributed by atoms with Crippen molar-refractivity contribution in [3.63, 3.8) is 0 Å². The molecule has 0 bridgehead atoms. The van der Waals surface area contributed by atoms with E-state index in [9.17, 15) is 14.0 Å². The highest BCUT2D eigenvalue weighted by Gasteiger charge is 2.30. The number of nitrogens with zero attached hydrogens (tertiary/aromatic N) is 2. The number of nitrogens with one attached hydrogen (secondary N) is 3. The van der Waals surface area contributed by atoms with Gasteiger partial charge >= 0.3 is 0 Å². The lowest BCUT2D eigenvalue weighted by Gasteiger charge is -2.24. The molecule has 3 rings (SSSR count). The fourth-order valence-electron chi connectivity index (χ4n) is 2.56. The maximum Gasteiger partial charge on any atom is 0.228 e. The first-order chi connectivity index (χ1) is 11.6. The number of rotatable bonds is 5. The first kappa shape index (κ1) is 15.9. The molecule has 24 heavy (non-hydrogen) atoms. The Kier molecular flexibility index (Phi) is 4.64. The number of carbonyl (C=O) groups is 2. The van der Waals surface area contributed by atoms with Crippen LogP contribution in [-0.4, -0.2) is 34.9 Å². The summed E-state index contributed by atoms with van der Waals surface area (Å²) in [7, 11) is 0. The third-order valence-electron chi connectivity index (χ3n) is 3.66. The molecular formula is C16H16FN5O2. The number of hydrogen-bond donors (Lipinski definition) is 3. The molecule has 0 saturated heterocycles. The van der Waals surface area contributed by atoms with Crippen molar-refractivity contribution >= 4 is 23.3 Å². The Hall–Kier alpha value is -3.03. The second kappa shape index (κ2) is 7.03. The van der Waals surface area contributed by atoms with E-state index >= 15 is 0 Å². The lowest BCUT2D eigenvalue weighted by atomic mass is 9.89. The molecular weight excluding hydrogens is 313 g/mol. The van der Waals surface area contributed by atoms with E-state index in [-0.39, 0.29) is 18.2 Å². The Morgan fingerprint density at radius 1 is 1.33 bits per heavy atom. The van der Waals surface area contributed by atoms with E-state index in [1.165, 1.54) is 18.2 Å². The topological polar surface area (TPSA) is 96.0 Å². The van der Waals surface area contributed by atoms with Crippen molar-refractivity contribution < 1.29 is 14.0 Å². The second-order valence-corrected chi connectivity index (χ2v) is 5.34. The molecule has 2 amide bonds. The van der Waals surface area contributed by atoms with Crippen molar-refractivity contribution in [1.29, 1.82) is 0 Å². The summed E-state index contributed by atoms with van der Waals surface area (Å²) in [5.41, 5.74) is 0.972. The van der Waals surface area contributed by atoms with Crippen LogP contribution in [0, 0.1) is 5.82 Å². The minimum absolute atomic E-state index is 0.0437. The molecule has 3 N–H and O–H groups in total. The summed E-state index contributed by atoms with van der Waals surface area (Å²) in [4.78, 5) is 32.1. The summed E-state index contributed by atoms with van der Waals surface area (Å²) < 4.78 is 13.3. The van der Waals surface area contributed by atoms with Crippen molar-refractivity contribution in [3.8, 4) is 0 Å². The fraction of sp³-hybridized carbons (Fsp3) is 0.250. The summed E-state index contributed by atoms with van der Waals surface area (Å²) >= 11 is 0. The summed E-state index contributed by atoms with van der Waals surface area (Å²) in [5.74, 6) is -1.02. The minimum Gasteiger partial charge on any atom is -0.367 e. The van der Waals surface area contributed by atoms with E-state index in [1.54, 1.807) is 18.6 Å². The van der Waals surface area contributed by atoms with Crippen molar-refractivity contribution in [2.24, 2.45) is 0 Å². The van der Waals surface area contributed by atoms with Gasteiger partial charge in [0.1, 0.15) is 11.6 Å². The Labute approximate surface area is 137 Å². The first-order valence-corrected chi connectivity index (χ1v) is 7.50. The van der Waals surface area contributed by atoms with Crippen LogP contribution in [0.25, 0.3) is 0 Å². The second-order valence-electron chi connectivity index (χ2n) is 5.34. The van der Waals surface area contributed by atoms with Gasteiger partial charge in [-0.2, -0.15) is 0 Å². The predicted octanol–water partition coefficient (Wildman–Crippen LogP) is 1.27. The summed E-state index contributed by atoms with van der Waals surface area (Å²) in [6.07, 6.45) is 4.76. The van der Waals surface area contributed by atoms with E-state index in [1.807, 2.05) is 0 Å². The van der Waals surface area contributed by atoms with E-state index in [0.29, 0.717) is 30.2 Å². The summed E-state index contributed by atoms with van der Waals surface area (Å²) in [6.45, 7) is 0.837. The maximum absolute atomic E-state index is 13.3. The molecule has 0 aliphatic carbocycles. The lowest BCUT2D eigenvalue weighted by molar-refractivity contribution is -0.126. The molecule has 2 heterocycles. The number of halogens is 1. The van der Waals surface area contributed by atoms with E-state index in [2.05, 4.69) is 25.9 Å². The van der Waals surface area contributed by atoms with Crippen molar-refractivity contribution in [1.82, 2.24) is 15.3 Å². The zero-order valence-electron chi connectivity index (χ0n) is 12.8. The third-order valence-corrected chi connectivity index (χ3v) is 3.66. The average molecular weight is 329 g/mol. The van der Waals surface area contributed by atoms with Crippen LogP contribution < -0.4 is 16.0 Å². The van der Waals surface area contributed by atoms with Crippen LogP contribution in [0.2, 0.25) is 0 Å². The molecule has 0 fully saturated rings. The maximum atomic E-state index is 13.3. The Morgan fingerprint density at radius 3 is 3.00 bits per heavy atom. The quantitative estimate of drug-likeness (QED) is 0.718. The highest BCUT2D eigenvalue weighted by atomic mass is 19.1. The highest BCUT2D eigenvalue weighted by molar-refractivity contribution is 6.01. The lowest BCUT2D eigenvalue weighted by Crippen LogP contribution is -2.37. The third kappa shape index (κ3) is 3.65. The van der Waals surface area contributed by atoms with Gasteiger partial charge in [-0.15, -0.1) is 0 Å². The smallest absolute Gasteiger partial charge is 0.228 e. The molecule has 8 heteroatoms. The number of amides is 2. The van der Waals surface area contributed by atoms with Crippen LogP contribution in [0.15, 0.2) is 36.8 Å². The van der Waals surface area contributed by atoms with Crippen molar-refractivity contribution in [2.45, 2.75) is 12.3 Å². The zero-order chi connectivity index (χ0) is 16.9. The van der Waals surface area contributed by atoms with Crippen LogP contribution in [0.5, 0.6) is 0 Å². The summed E-state index contributed by atoms with van der Waals surface area (Å²) in [5, 5.41) is 8.38. The SMILES string of the molecule is O=C1C[C@@H](C(=O)NCCNc2cnccn2)c2ccc(F)cc2N1. The molecule has 0 spiro atoms. The van der Waals surface area contributed by atoms with Gasteiger partial charge in [0, 0.05) is 37.6 Å². The van der Waals surface area contributed by atoms with Crippen LogP contribution in [0.1, 0.15) is 17.9 Å². The molecule has 1 aliphatic rings. The monoisotopic (exact) mass is 329 g/mol. The van der Waals surface area contributed by atoms with Gasteiger partial charge in [-0.25, -0.2) is 9.37 Å². The highest BCUT2D eigenvalue weighted by Crippen LogP contribution is 2.32. The molecule has 1 aliphatic heterocycles. The molecule has 0 unspecified atom stereocenters. The van der Waals surface area contributed by atoms with Gasteiger partial charge < -0.3 is 16.0 Å². The van der Waals surface area contributed by atoms with Crippen LogP contribution in [0.3, 0.4) is 0 Å². The number of benzene rings is 1. The molecule has 124 valence electrons. The van der Waals surface area contributed by atoms with Gasteiger partial charge in [0.05, 0.1) is 12.1 Å². The van der Waals surface area contributed by atoms with E-state index < -0.39 is 11.7 Å². The van der Waals surface area contributed by atoms with Gasteiger partial charge in [-0.1, -0.05) is 6.07 Å². The molecule has 7 nitrogen and oxygen atoms in total. The number of fused-ring (bicyclic) bond motifs is 1. The van der Waals surface area contributed by atoms with Crippen LogP contribution >= 0.6 is 0 Å². The first-order valence-electron chi connectivity index (χ1n) is 7.50. The molecule has 0 radical (unpaired) electrons. The van der Waals surface area contributed by atoms with Gasteiger partial charge in [-0.05, 0) is 17.7 Å². The Morgan fingerprint density at radius 2 is 2.21 bits per heavy atom. The Bertz CT molecular complexity index is 753. The zero-order valence-corrected chi connectivity index (χ0v) is 12.8. The van der Waals surface area contributed by atoms with Gasteiger partial charge in [0.25, 0.3) is 0 Å². The number of hydrogen-bond acceptors (Lipinski definition) is 5. The van der Waals surface area contributed by atoms with Crippen molar-refractivity contribution in [2.75, 3.05) is 23.7 Å². The molecule has 1 aromatic carbocycles. The standard InChI is InChI=1S/C16H16FN5O2/c17-10-1-2-11-12(8-15(23)22-13(11)7-10)16(24)21-6-5-20-14-9-18-3-4-19-14/h1-4,7,9,12H,5-6,8H2,(H,19,20)(H,21,24)(H,22,23)/t12-/m1/s1. The van der Waals surface area contributed by atoms with Crippen molar-refractivity contribution in [3.05, 3.63) is 48.2 Å². The number of anilines is 2. The van der Waals surface area contributed by atoms with Gasteiger partial charge in [0.2, 0.25) is 11.8 Å². The Balaban J connectivity index is 1.58. The molecule has 2 aromatic rings. The van der Waals surface area contributed by atoms with Gasteiger partial charge in [0.15, 0.2) is 0 Å². The largest absolute Gasteiger partial charge is 0.367 e. The normalized spacial score (nSPS) is 16.0. The average Bonchev–Trinajstić information content (AvgIpc) is 2.58. The van der Waals surface area contributed by atoms with Crippen LogP contribution in [-0.2, 0) is 9.59 Å². The van der Waals surface area contributed by atoms with E-state index in [4.69, 9.17) is 0 Å². The van der Waals surface area contributed by atoms with Crippen LogP contribution in [0.4, 0.5) is 15.9 Å². The fourth-order valence-corrected chi connectivity index (χ4v) is 2.56.